The molecule has 11 heteroatoms. The van der Waals surface area contributed by atoms with Crippen LogP contribution < -0.4 is 15.5 Å². The number of carbonyl (C=O) groups is 1. The number of hydrogen-bond acceptors (Lipinski definition) is 7. The number of alkyl halides is 3. The number of hydrogen-bond donors (Lipinski definition) is 1. The van der Waals surface area contributed by atoms with Gasteiger partial charge in [-0.25, -0.2) is 4.98 Å². The number of Topliss-reactive ketones (excluding diaryl/α,β-unsaturated/α-hetero) is 1. The largest absolute Gasteiger partial charge is 0.416 e. The first-order valence-electron chi connectivity index (χ1n) is 17.7. The number of anilines is 2. The highest BCUT2D eigenvalue weighted by molar-refractivity contribution is 5.96. The first kappa shape index (κ1) is 39.2. The molecule has 1 aromatic heterocycles. The van der Waals surface area contributed by atoms with Gasteiger partial charge >= 0.3 is 6.18 Å². The lowest BCUT2D eigenvalue weighted by atomic mass is 10.0. The summed E-state index contributed by atoms with van der Waals surface area (Å²) in [6, 6.07) is 27.5. The highest BCUT2D eigenvalue weighted by atomic mass is 19.4. The van der Waals surface area contributed by atoms with Crippen molar-refractivity contribution >= 4 is 17.2 Å². The molecule has 5 aromatic rings. The van der Waals surface area contributed by atoms with Crippen LogP contribution in [-0.4, -0.2) is 76.5 Å². The van der Waals surface area contributed by atoms with Crippen LogP contribution in [0, 0.1) is 6.92 Å². The second kappa shape index (κ2) is 17.7. The molecule has 0 radical (unpaired) electrons. The van der Waals surface area contributed by atoms with Crippen molar-refractivity contribution < 1.29 is 27.4 Å². The lowest BCUT2D eigenvalue weighted by molar-refractivity contribution is -0.137. The van der Waals surface area contributed by atoms with Crippen molar-refractivity contribution in [3.63, 3.8) is 0 Å². The molecule has 53 heavy (non-hydrogen) atoms. The Hall–Kier alpha value is -4.97. The molecule has 0 fully saturated rings. The van der Waals surface area contributed by atoms with Crippen LogP contribution in [0.1, 0.15) is 39.9 Å². The minimum atomic E-state index is -4.53. The van der Waals surface area contributed by atoms with E-state index in [2.05, 4.69) is 0 Å². The minimum absolute atomic E-state index is 0.00687. The molecule has 8 nitrogen and oxygen atoms in total. The molecule has 0 unspecified atom stereocenters. The summed E-state index contributed by atoms with van der Waals surface area (Å²) in [5, 5.41) is 0. The van der Waals surface area contributed by atoms with Gasteiger partial charge < -0.3 is 29.6 Å². The Labute approximate surface area is 310 Å². The van der Waals surface area contributed by atoms with Crippen molar-refractivity contribution in [3.05, 3.63) is 113 Å². The standard InChI is InChI=1S/C42H48F3N5O3/c1-29-25-34(27-35(26-29)42(43,44)45)41-47-39(32-12-16-36(17-13-32)48(2)3)40(33-14-18-37(19-15-33)49(4)5)50(41)28-30-8-10-31(11-9-30)38(51)7-6-21-52-23-24-53-22-20-46/h8-19,25-27H,6-7,20-24,28,46H2,1-5H3. The number of benzene rings is 4. The monoisotopic (exact) mass is 727 g/mol. The molecular formula is C42H48F3N5O3. The lowest BCUT2D eigenvalue weighted by Crippen LogP contribution is -2.12. The maximum Gasteiger partial charge on any atom is 0.416 e. The van der Waals surface area contributed by atoms with Gasteiger partial charge in [0.1, 0.15) is 5.82 Å². The highest BCUT2D eigenvalue weighted by Crippen LogP contribution is 2.40. The van der Waals surface area contributed by atoms with Gasteiger partial charge in [0.15, 0.2) is 5.78 Å². The predicted molar refractivity (Wildman–Crippen MR) is 207 cm³/mol. The molecule has 1 heterocycles. The third kappa shape index (κ3) is 10.1. The van der Waals surface area contributed by atoms with E-state index in [0.717, 1.165) is 39.8 Å². The van der Waals surface area contributed by atoms with Gasteiger partial charge in [-0.3, -0.25) is 4.79 Å². The molecule has 0 aliphatic carbocycles. The second-order valence-electron chi connectivity index (χ2n) is 13.4. The zero-order valence-electron chi connectivity index (χ0n) is 31.0. The Morgan fingerprint density at radius 1 is 0.755 bits per heavy atom. The summed E-state index contributed by atoms with van der Waals surface area (Å²) < 4.78 is 55.2. The summed E-state index contributed by atoms with van der Waals surface area (Å²) in [7, 11) is 7.86. The van der Waals surface area contributed by atoms with Crippen LogP contribution in [0.4, 0.5) is 24.5 Å². The van der Waals surface area contributed by atoms with Crippen LogP contribution in [0.15, 0.2) is 91.0 Å². The molecule has 0 bridgehead atoms. The third-order valence-corrected chi connectivity index (χ3v) is 8.89. The fraction of sp³-hybridized carbons (Fsp3) is 0.333. The van der Waals surface area contributed by atoms with Gasteiger partial charge in [-0.15, -0.1) is 0 Å². The Bertz CT molecular complexity index is 1950. The molecule has 0 aliphatic rings. The molecule has 0 spiro atoms. The van der Waals surface area contributed by atoms with Crippen molar-refractivity contribution in [1.82, 2.24) is 9.55 Å². The first-order chi connectivity index (χ1) is 25.3. The van der Waals surface area contributed by atoms with E-state index in [1.54, 1.807) is 25.1 Å². The maximum atomic E-state index is 14.1. The van der Waals surface area contributed by atoms with E-state index in [9.17, 15) is 18.0 Å². The number of rotatable bonds is 17. The molecule has 0 amide bonds. The van der Waals surface area contributed by atoms with E-state index in [0.29, 0.717) is 80.6 Å². The number of nitrogens with two attached hydrogens (primary N) is 1. The van der Waals surface area contributed by atoms with Gasteiger partial charge in [0, 0.05) is 87.9 Å². The zero-order valence-corrected chi connectivity index (χ0v) is 31.0. The van der Waals surface area contributed by atoms with Crippen molar-refractivity contribution in [2.24, 2.45) is 5.73 Å². The summed E-state index contributed by atoms with van der Waals surface area (Å²) >= 11 is 0. The van der Waals surface area contributed by atoms with E-state index < -0.39 is 11.7 Å². The van der Waals surface area contributed by atoms with E-state index in [-0.39, 0.29) is 5.78 Å². The molecule has 0 aliphatic heterocycles. The Morgan fingerprint density at radius 3 is 1.91 bits per heavy atom. The summed E-state index contributed by atoms with van der Waals surface area (Å²) in [6.07, 6.45) is -3.60. The van der Waals surface area contributed by atoms with E-state index >= 15 is 0 Å². The SMILES string of the molecule is Cc1cc(-c2nc(-c3ccc(N(C)C)cc3)c(-c3ccc(N(C)C)cc3)n2Cc2ccc(C(=O)CCCOCCOCCN)cc2)cc(C(F)(F)F)c1. The van der Waals surface area contributed by atoms with Gasteiger partial charge in [-0.05, 0) is 66.9 Å². The number of imidazole rings is 1. The highest BCUT2D eigenvalue weighted by Gasteiger charge is 2.32. The Balaban J connectivity index is 1.55. The molecule has 0 saturated carbocycles. The van der Waals surface area contributed by atoms with Crippen molar-refractivity contribution in [2.75, 3.05) is 71.0 Å². The third-order valence-electron chi connectivity index (χ3n) is 8.89. The number of aryl methyl sites for hydroxylation is 1. The van der Waals surface area contributed by atoms with Crippen molar-refractivity contribution in [2.45, 2.75) is 32.5 Å². The predicted octanol–water partition coefficient (Wildman–Crippen LogP) is 8.35. The molecule has 0 saturated heterocycles. The summed E-state index contributed by atoms with van der Waals surface area (Å²) in [5.41, 5.74) is 12.1. The van der Waals surface area contributed by atoms with Gasteiger partial charge in [0.25, 0.3) is 0 Å². The molecule has 0 atom stereocenters. The number of nitrogens with zero attached hydrogens (tertiary/aromatic N) is 4. The Morgan fingerprint density at radius 2 is 1.34 bits per heavy atom. The molecule has 2 N–H and O–H groups in total. The fourth-order valence-corrected chi connectivity index (χ4v) is 6.09. The molecule has 5 rings (SSSR count). The minimum Gasteiger partial charge on any atom is -0.379 e. The Kier molecular flexibility index (Phi) is 13.1. The fourth-order valence-electron chi connectivity index (χ4n) is 6.09. The topological polar surface area (TPSA) is 85.9 Å². The second-order valence-corrected chi connectivity index (χ2v) is 13.4. The van der Waals surface area contributed by atoms with Crippen molar-refractivity contribution in [1.29, 1.82) is 0 Å². The van der Waals surface area contributed by atoms with E-state index in [4.69, 9.17) is 20.2 Å². The van der Waals surface area contributed by atoms with Gasteiger partial charge in [-0.2, -0.15) is 13.2 Å². The summed E-state index contributed by atoms with van der Waals surface area (Å²) in [6.45, 7) is 4.27. The number of halogens is 3. The molecule has 4 aromatic carbocycles. The maximum absolute atomic E-state index is 14.1. The molecule has 280 valence electrons. The van der Waals surface area contributed by atoms with E-state index in [1.165, 1.54) is 6.07 Å². The smallest absolute Gasteiger partial charge is 0.379 e. The number of aromatic nitrogens is 2. The van der Waals surface area contributed by atoms with E-state index in [1.807, 2.05) is 103 Å². The van der Waals surface area contributed by atoms with Crippen LogP contribution in [-0.2, 0) is 22.2 Å². The number of ether oxygens (including phenoxy) is 2. The van der Waals surface area contributed by atoms with Crippen LogP contribution in [0.3, 0.4) is 0 Å². The number of carbonyl (C=O) groups excluding carboxylic acids is 1. The van der Waals surface area contributed by atoms with Crippen LogP contribution in [0.2, 0.25) is 0 Å². The van der Waals surface area contributed by atoms with Gasteiger partial charge in [-0.1, -0.05) is 48.5 Å². The summed E-state index contributed by atoms with van der Waals surface area (Å²) in [5.74, 6) is 0.415. The summed E-state index contributed by atoms with van der Waals surface area (Å²) in [4.78, 5) is 22.1. The number of ketones is 1. The van der Waals surface area contributed by atoms with Crippen molar-refractivity contribution in [3.8, 4) is 33.9 Å². The zero-order chi connectivity index (χ0) is 38.1. The van der Waals surface area contributed by atoms with Crippen LogP contribution >= 0.6 is 0 Å². The molecular weight excluding hydrogens is 679 g/mol. The first-order valence-corrected chi connectivity index (χ1v) is 17.7. The average Bonchev–Trinajstić information content (AvgIpc) is 3.51. The average molecular weight is 728 g/mol. The van der Waals surface area contributed by atoms with Crippen LogP contribution in [0.5, 0.6) is 0 Å². The van der Waals surface area contributed by atoms with Crippen LogP contribution in [0.25, 0.3) is 33.9 Å². The quantitative estimate of drug-likeness (QED) is 0.0762. The lowest BCUT2D eigenvalue weighted by Gasteiger charge is -2.17. The van der Waals surface area contributed by atoms with Gasteiger partial charge in [0.05, 0.1) is 36.8 Å². The normalized spacial score (nSPS) is 11.6. The van der Waals surface area contributed by atoms with Gasteiger partial charge in [0.2, 0.25) is 0 Å².